The van der Waals surface area contributed by atoms with Gasteiger partial charge in [0.1, 0.15) is 18.5 Å². The highest BCUT2D eigenvalue weighted by atomic mass is 16.5. The van der Waals surface area contributed by atoms with Gasteiger partial charge in [-0.1, -0.05) is 18.2 Å². The van der Waals surface area contributed by atoms with Crippen molar-refractivity contribution in [2.75, 3.05) is 19.7 Å². The molecule has 0 N–H and O–H groups in total. The summed E-state index contributed by atoms with van der Waals surface area (Å²) < 4.78 is 11.3. The van der Waals surface area contributed by atoms with Crippen LogP contribution in [0.5, 0.6) is 5.75 Å². The highest BCUT2D eigenvalue weighted by molar-refractivity contribution is 5.77. The molecule has 0 spiro atoms. The number of piperidine rings is 1. The van der Waals surface area contributed by atoms with Gasteiger partial charge in [0.05, 0.1) is 6.10 Å². The zero-order chi connectivity index (χ0) is 14.4. The monoisotopic (exact) mass is 277 g/mol. The minimum Gasteiger partial charge on any atom is -0.490 e. The lowest BCUT2D eigenvalue weighted by Crippen LogP contribution is -2.43. The summed E-state index contributed by atoms with van der Waals surface area (Å²) in [5.74, 6) is 0.984. The van der Waals surface area contributed by atoms with E-state index < -0.39 is 0 Å². The molecule has 1 saturated heterocycles. The van der Waals surface area contributed by atoms with E-state index in [9.17, 15) is 4.79 Å². The average molecular weight is 277 g/mol. The number of ether oxygens (including phenoxy) is 2. The first-order chi connectivity index (χ1) is 9.65. The van der Waals surface area contributed by atoms with Crippen LogP contribution in [0.15, 0.2) is 30.3 Å². The van der Waals surface area contributed by atoms with E-state index in [0.717, 1.165) is 31.7 Å². The molecule has 0 bridgehead atoms. The van der Waals surface area contributed by atoms with Gasteiger partial charge < -0.3 is 14.4 Å². The second-order valence-corrected chi connectivity index (χ2v) is 5.37. The molecule has 2 rings (SSSR count). The summed E-state index contributed by atoms with van der Waals surface area (Å²) >= 11 is 0. The lowest BCUT2D eigenvalue weighted by atomic mass is 10.1. The molecule has 110 valence electrons. The van der Waals surface area contributed by atoms with Crippen LogP contribution in [0.3, 0.4) is 0 Å². The number of para-hydroxylation sites is 1. The van der Waals surface area contributed by atoms with Crippen LogP contribution in [-0.2, 0) is 9.53 Å². The number of nitrogens with zero attached hydrogens (tertiary/aromatic N) is 1. The van der Waals surface area contributed by atoms with Crippen LogP contribution in [0.4, 0.5) is 0 Å². The third-order valence-electron chi connectivity index (χ3n) is 3.38. The standard InChI is InChI=1S/C16H23NO3/c1-13(2)19-12-16(18)17-10-8-15(9-11-17)20-14-6-4-3-5-7-14/h3-7,13,15H,8-12H2,1-2H3. The molecule has 0 atom stereocenters. The van der Waals surface area contributed by atoms with Crippen LogP contribution >= 0.6 is 0 Å². The van der Waals surface area contributed by atoms with Gasteiger partial charge in [-0.2, -0.15) is 0 Å². The Bertz CT molecular complexity index is 411. The molecule has 0 saturated carbocycles. The minimum absolute atomic E-state index is 0.0804. The number of hydrogen-bond acceptors (Lipinski definition) is 3. The largest absolute Gasteiger partial charge is 0.490 e. The van der Waals surface area contributed by atoms with Crippen molar-refractivity contribution in [3.8, 4) is 5.75 Å². The average Bonchev–Trinajstić information content (AvgIpc) is 2.46. The van der Waals surface area contributed by atoms with Gasteiger partial charge in [0.25, 0.3) is 0 Å². The molecule has 0 radical (unpaired) electrons. The smallest absolute Gasteiger partial charge is 0.248 e. The molecule has 4 heteroatoms. The molecule has 1 heterocycles. The van der Waals surface area contributed by atoms with Crippen molar-refractivity contribution in [2.45, 2.75) is 38.9 Å². The quantitative estimate of drug-likeness (QED) is 0.830. The fraction of sp³-hybridized carbons (Fsp3) is 0.562. The molecule has 0 aromatic heterocycles. The van der Waals surface area contributed by atoms with Crippen molar-refractivity contribution in [3.05, 3.63) is 30.3 Å². The van der Waals surface area contributed by atoms with Gasteiger partial charge in [-0.05, 0) is 26.0 Å². The van der Waals surface area contributed by atoms with E-state index in [4.69, 9.17) is 9.47 Å². The van der Waals surface area contributed by atoms with Crippen molar-refractivity contribution in [3.63, 3.8) is 0 Å². The lowest BCUT2D eigenvalue weighted by Gasteiger charge is -2.32. The molecular formula is C16H23NO3. The number of rotatable bonds is 5. The van der Waals surface area contributed by atoms with Gasteiger partial charge in [0.2, 0.25) is 5.91 Å². The van der Waals surface area contributed by atoms with Gasteiger partial charge in [0, 0.05) is 25.9 Å². The Morgan fingerprint density at radius 3 is 2.50 bits per heavy atom. The van der Waals surface area contributed by atoms with Crippen molar-refractivity contribution < 1.29 is 14.3 Å². The molecular weight excluding hydrogens is 254 g/mol. The number of hydrogen-bond donors (Lipinski definition) is 0. The fourth-order valence-corrected chi connectivity index (χ4v) is 2.24. The summed E-state index contributed by atoms with van der Waals surface area (Å²) in [4.78, 5) is 13.8. The van der Waals surface area contributed by atoms with E-state index in [1.807, 2.05) is 49.1 Å². The van der Waals surface area contributed by atoms with Crippen molar-refractivity contribution >= 4 is 5.91 Å². The van der Waals surface area contributed by atoms with E-state index in [0.29, 0.717) is 0 Å². The van der Waals surface area contributed by atoms with Gasteiger partial charge in [-0.15, -0.1) is 0 Å². The molecule has 20 heavy (non-hydrogen) atoms. The van der Waals surface area contributed by atoms with Crippen LogP contribution < -0.4 is 4.74 Å². The number of benzene rings is 1. The zero-order valence-corrected chi connectivity index (χ0v) is 12.2. The van der Waals surface area contributed by atoms with E-state index in [-0.39, 0.29) is 24.7 Å². The predicted molar refractivity (Wildman–Crippen MR) is 77.8 cm³/mol. The minimum atomic E-state index is 0.0804. The normalized spacial score (nSPS) is 16.4. The van der Waals surface area contributed by atoms with Crippen LogP contribution in [0, 0.1) is 0 Å². The first-order valence-corrected chi connectivity index (χ1v) is 7.26. The number of carbonyl (C=O) groups is 1. The summed E-state index contributed by atoms with van der Waals surface area (Å²) in [7, 11) is 0. The van der Waals surface area contributed by atoms with Crippen LogP contribution in [-0.4, -0.2) is 42.7 Å². The van der Waals surface area contributed by atoms with Gasteiger partial charge in [0.15, 0.2) is 0 Å². The van der Waals surface area contributed by atoms with Crippen LogP contribution in [0.2, 0.25) is 0 Å². The molecule has 1 aromatic carbocycles. The third-order valence-corrected chi connectivity index (χ3v) is 3.38. The topological polar surface area (TPSA) is 38.8 Å². The molecule has 0 aliphatic carbocycles. The molecule has 1 aromatic rings. The molecule has 1 aliphatic heterocycles. The number of amides is 1. The second kappa shape index (κ2) is 7.29. The summed E-state index contributed by atoms with van der Waals surface area (Å²) in [5.41, 5.74) is 0. The van der Waals surface area contributed by atoms with Crippen molar-refractivity contribution in [1.29, 1.82) is 0 Å². The zero-order valence-electron chi connectivity index (χ0n) is 12.2. The van der Waals surface area contributed by atoms with Gasteiger partial charge in [-0.25, -0.2) is 0 Å². The third kappa shape index (κ3) is 4.53. The van der Waals surface area contributed by atoms with E-state index in [1.165, 1.54) is 0 Å². The Labute approximate surface area is 120 Å². The fourth-order valence-electron chi connectivity index (χ4n) is 2.24. The summed E-state index contributed by atoms with van der Waals surface area (Å²) in [6.07, 6.45) is 2.05. The van der Waals surface area contributed by atoms with Crippen LogP contribution in [0.1, 0.15) is 26.7 Å². The molecule has 1 amide bonds. The number of likely N-dealkylation sites (tertiary alicyclic amines) is 1. The Morgan fingerprint density at radius 1 is 1.25 bits per heavy atom. The molecule has 1 fully saturated rings. The SMILES string of the molecule is CC(C)OCC(=O)N1CCC(Oc2ccccc2)CC1. The molecule has 1 aliphatic rings. The second-order valence-electron chi connectivity index (χ2n) is 5.37. The lowest BCUT2D eigenvalue weighted by molar-refractivity contribution is -0.139. The number of carbonyl (C=O) groups excluding carboxylic acids is 1. The van der Waals surface area contributed by atoms with E-state index in [1.54, 1.807) is 0 Å². The van der Waals surface area contributed by atoms with Gasteiger partial charge in [-0.3, -0.25) is 4.79 Å². The maximum absolute atomic E-state index is 11.9. The van der Waals surface area contributed by atoms with Crippen molar-refractivity contribution in [2.24, 2.45) is 0 Å². The van der Waals surface area contributed by atoms with Crippen LogP contribution in [0.25, 0.3) is 0 Å². The predicted octanol–water partition coefficient (Wildman–Crippen LogP) is 2.48. The van der Waals surface area contributed by atoms with Gasteiger partial charge >= 0.3 is 0 Å². The molecule has 0 unspecified atom stereocenters. The molecule has 4 nitrogen and oxygen atoms in total. The van der Waals surface area contributed by atoms with Crippen molar-refractivity contribution in [1.82, 2.24) is 4.90 Å². The maximum atomic E-state index is 11.9. The summed E-state index contributed by atoms with van der Waals surface area (Å²) in [6.45, 7) is 5.55. The Kier molecular flexibility index (Phi) is 5.41. The van der Waals surface area contributed by atoms with E-state index in [2.05, 4.69) is 0 Å². The Morgan fingerprint density at radius 2 is 1.90 bits per heavy atom. The summed E-state index contributed by atoms with van der Waals surface area (Å²) in [5, 5.41) is 0. The first-order valence-electron chi connectivity index (χ1n) is 7.26. The summed E-state index contributed by atoms with van der Waals surface area (Å²) in [6, 6.07) is 9.85. The Hall–Kier alpha value is -1.55. The maximum Gasteiger partial charge on any atom is 0.248 e. The highest BCUT2D eigenvalue weighted by Crippen LogP contribution is 2.18. The van der Waals surface area contributed by atoms with E-state index >= 15 is 0 Å². The first kappa shape index (κ1) is 14.9. The highest BCUT2D eigenvalue weighted by Gasteiger charge is 2.23. The Balaban J connectivity index is 1.73.